The lowest BCUT2D eigenvalue weighted by atomic mass is 9.86. The molecule has 2 aliphatic rings. The molecule has 2 atom stereocenters. The Balaban J connectivity index is 2.16. The van der Waals surface area contributed by atoms with E-state index in [0.717, 1.165) is 25.7 Å². The average Bonchev–Trinajstić information content (AvgIpc) is 2.20. The van der Waals surface area contributed by atoms with Crippen molar-refractivity contribution >= 4 is 5.78 Å². The van der Waals surface area contributed by atoms with Crippen LogP contribution in [0, 0.1) is 11.8 Å². The van der Waals surface area contributed by atoms with Gasteiger partial charge < -0.3 is 5.11 Å². The van der Waals surface area contributed by atoms with Crippen molar-refractivity contribution in [1.29, 1.82) is 0 Å². The fourth-order valence-corrected chi connectivity index (χ4v) is 2.24. The third-order valence-electron chi connectivity index (χ3n) is 2.78. The number of fused-ring (bicyclic) bond motifs is 2. The molecule has 0 saturated heterocycles. The third kappa shape index (κ3) is 0.788. The molecule has 2 aliphatic carbocycles. The average molecular weight is 140 g/mol. The quantitative estimate of drug-likeness (QED) is 0.538. The predicted octanol–water partition coefficient (Wildman–Crippen LogP) is 0.736. The summed E-state index contributed by atoms with van der Waals surface area (Å²) in [6, 6.07) is 0. The molecule has 2 nitrogen and oxygen atoms in total. The van der Waals surface area contributed by atoms with Gasteiger partial charge in [0.1, 0.15) is 5.78 Å². The zero-order chi connectivity index (χ0) is 7.14. The normalized spacial score (nSPS) is 46.1. The molecule has 2 rings (SSSR count). The first-order valence-electron chi connectivity index (χ1n) is 3.99. The Labute approximate surface area is 60.2 Å². The molecule has 2 fully saturated rings. The monoisotopic (exact) mass is 140 g/mol. The van der Waals surface area contributed by atoms with E-state index in [9.17, 15) is 9.90 Å². The maximum atomic E-state index is 11.2. The Hall–Kier alpha value is -0.370. The molecule has 0 unspecified atom stereocenters. The fraction of sp³-hybridized carbons (Fsp3) is 0.875. The summed E-state index contributed by atoms with van der Waals surface area (Å²) >= 11 is 0. The van der Waals surface area contributed by atoms with Gasteiger partial charge in [-0.2, -0.15) is 0 Å². The topological polar surface area (TPSA) is 37.3 Å². The standard InChI is InChI=1S/C8H12O2/c9-7-3-5-1-2-6(4-7)8(5)10/h5-7,9H,1-4H2/t5-,6-/m0/s1. The number of carbonyl (C=O) groups excluding carboxylic acids is 1. The summed E-state index contributed by atoms with van der Waals surface area (Å²) < 4.78 is 0. The summed E-state index contributed by atoms with van der Waals surface area (Å²) in [4.78, 5) is 11.2. The minimum Gasteiger partial charge on any atom is -0.393 e. The van der Waals surface area contributed by atoms with Crippen molar-refractivity contribution in [2.45, 2.75) is 31.8 Å². The van der Waals surface area contributed by atoms with Gasteiger partial charge in [0.15, 0.2) is 0 Å². The van der Waals surface area contributed by atoms with E-state index < -0.39 is 0 Å². The first-order chi connectivity index (χ1) is 4.77. The Bertz CT molecular complexity index is 149. The van der Waals surface area contributed by atoms with Crippen LogP contribution in [0.15, 0.2) is 0 Å². The second-order valence-corrected chi connectivity index (χ2v) is 3.50. The Kier molecular flexibility index (Phi) is 1.31. The van der Waals surface area contributed by atoms with E-state index in [-0.39, 0.29) is 17.9 Å². The van der Waals surface area contributed by atoms with Gasteiger partial charge in [-0.05, 0) is 25.7 Å². The van der Waals surface area contributed by atoms with Gasteiger partial charge in [-0.15, -0.1) is 0 Å². The van der Waals surface area contributed by atoms with Crippen LogP contribution in [0.4, 0.5) is 0 Å². The molecule has 0 heterocycles. The van der Waals surface area contributed by atoms with Gasteiger partial charge in [0.25, 0.3) is 0 Å². The summed E-state index contributed by atoms with van der Waals surface area (Å²) in [6.45, 7) is 0. The number of rotatable bonds is 0. The molecule has 1 N–H and O–H groups in total. The molecule has 0 radical (unpaired) electrons. The van der Waals surface area contributed by atoms with Gasteiger partial charge in [0, 0.05) is 11.8 Å². The van der Waals surface area contributed by atoms with E-state index in [1.54, 1.807) is 0 Å². The van der Waals surface area contributed by atoms with Gasteiger partial charge in [0.2, 0.25) is 0 Å². The van der Waals surface area contributed by atoms with E-state index in [0.29, 0.717) is 5.78 Å². The lowest BCUT2D eigenvalue weighted by Crippen LogP contribution is -2.28. The van der Waals surface area contributed by atoms with Crippen molar-refractivity contribution < 1.29 is 9.90 Å². The molecule has 0 aromatic rings. The molecule has 0 aliphatic heterocycles. The summed E-state index contributed by atoms with van der Waals surface area (Å²) in [5.41, 5.74) is 0. The Morgan fingerprint density at radius 3 is 2.20 bits per heavy atom. The van der Waals surface area contributed by atoms with Crippen LogP contribution < -0.4 is 0 Å². The van der Waals surface area contributed by atoms with Gasteiger partial charge in [-0.3, -0.25) is 4.79 Å². The summed E-state index contributed by atoms with van der Waals surface area (Å²) in [7, 11) is 0. The lowest BCUT2D eigenvalue weighted by molar-refractivity contribution is -0.128. The number of carbonyl (C=O) groups is 1. The van der Waals surface area contributed by atoms with Gasteiger partial charge in [-0.25, -0.2) is 0 Å². The number of Topliss-reactive ketones (excluding diaryl/α,β-unsaturated/α-hetero) is 1. The van der Waals surface area contributed by atoms with Gasteiger partial charge >= 0.3 is 0 Å². The minimum atomic E-state index is -0.185. The second-order valence-electron chi connectivity index (χ2n) is 3.50. The summed E-state index contributed by atoms with van der Waals surface area (Å²) in [5.74, 6) is 0.854. The van der Waals surface area contributed by atoms with Gasteiger partial charge in [0.05, 0.1) is 6.10 Å². The molecule has 10 heavy (non-hydrogen) atoms. The molecule has 0 aromatic heterocycles. The maximum Gasteiger partial charge on any atom is 0.139 e. The first-order valence-corrected chi connectivity index (χ1v) is 3.99. The highest BCUT2D eigenvalue weighted by Gasteiger charge is 2.40. The van der Waals surface area contributed by atoms with Crippen LogP contribution in [-0.2, 0) is 4.79 Å². The van der Waals surface area contributed by atoms with Gasteiger partial charge in [-0.1, -0.05) is 0 Å². The number of ketones is 1. The van der Waals surface area contributed by atoms with Crippen molar-refractivity contribution in [2.75, 3.05) is 0 Å². The van der Waals surface area contributed by atoms with Crippen molar-refractivity contribution in [3.8, 4) is 0 Å². The lowest BCUT2D eigenvalue weighted by Gasteiger charge is -2.21. The summed E-state index contributed by atoms with van der Waals surface area (Å²) in [6.07, 6.45) is 3.33. The van der Waals surface area contributed by atoms with Crippen molar-refractivity contribution in [3.05, 3.63) is 0 Å². The van der Waals surface area contributed by atoms with Crippen LogP contribution in [0.5, 0.6) is 0 Å². The van der Waals surface area contributed by atoms with E-state index in [2.05, 4.69) is 0 Å². The Morgan fingerprint density at radius 1 is 1.20 bits per heavy atom. The fourth-order valence-electron chi connectivity index (χ4n) is 2.24. The third-order valence-corrected chi connectivity index (χ3v) is 2.78. The molecule has 0 spiro atoms. The molecule has 0 amide bonds. The van der Waals surface area contributed by atoms with Crippen LogP contribution in [0.2, 0.25) is 0 Å². The highest BCUT2D eigenvalue weighted by molar-refractivity contribution is 5.86. The SMILES string of the molecule is O=C1[C@H]2CC[C@H]1CC(O)C2. The molecule has 2 bridgehead atoms. The largest absolute Gasteiger partial charge is 0.393 e. The van der Waals surface area contributed by atoms with Crippen molar-refractivity contribution in [3.63, 3.8) is 0 Å². The van der Waals surface area contributed by atoms with Crippen LogP contribution in [0.25, 0.3) is 0 Å². The van der Waals surface area contributed by atoms with E-state index in [1.807, 2.05) is 0 Å². The highest BCUT2D eigenvalue weighted by Crippen LogP contribution is 2.38. The number of hydrogen-bond acceptors (Lipinski definition) is 2. The highest BCUT2D eigenvalue weighted by atomic mass is 16.3. The maximum absolute atomic E-state index is 11.2. The molecule has 2 saturated carbocycles. The van der Waals surface area contributed by atoms with Crippen LogP contribution in [0.3, 0.4) is 0 Å². The van der Waals surface area contributed by atoms with E-state index in [4.69, 9.17) is 0 Å². The van der Waals surface area contributed by atoms with Crippen molar-refractivity contribution in [1.82, 2.24) is 0 Å². The van der Waals surface area contributed by atoms with E-state index >= 15 is 0 Å². The molecular formula is C8H12O2. The Morgan fingerprint density at radius 2 is 1.70 bits per heavy atom. The molecule has 2 heteroatoms. The number of aliphatic hydroxyl groups is 1. The molecular weight excluding hydrogens is 128 g/mol. The first kappa shape index (κ1) is 6.35. The number of hydrogen-bond donors (Lipinski definition) is 1. The van der Waals surface area contributed by atoms with Crippen LogP contribution in [0.1, 0.15) is 25.7 Å². The zero-order valence-electron chi connectivity index (χ0n) is 5.92. The van der Waals surface area contributed by atoms with Crippen LogP contribution >= 0.6 is 0 Å². The zero-order valence-corrected chi connectivity index (χ0v) is 5.92. The van der Waals surface area contributed by atoms with Crippen LogP contribution in [-0.4, -0.2) is 17.0 Å². The van der Waals surface area contributed by atoms with E-state index in [1.165, 1.54) is 0 Å². The van der Waals surface area contributed by atoms with Crippen molar-refractivity contribution in [2.24, 2.45) is 11.8 Å². The molecule has 56 valence electrons. The predicted molar refractivity (Wildman–Crippen MR) is 36.5 cm³/mol. The molecule has 0 aromatic carbocycles. The summed E-state index contributed by atoms with van der Waals surface area (Å²) in [5, 5.41) is 9.26. The smallest absolute Gasteiger partial charge is 0.139 e. The number of aliphatic hydroxyl groups excluding tert-OH is 1. The second kappa shape index (κ2) is 2.06. The minimum absolute atomic E-state index is 0.185.